The molecule has 1 heterocycles. The van der Waals surface area contributed by atoms with Gasteiger partial charge in [0.25, 0.3) is 0 Å². The summed E-state index contributed by atoms with van der Waals surface area (Å²) in [7, 11) is 0. The average molecular weight is 244 g/mol. The van der Waals surface area contributed by atoms with E-state index in [0.717, 1.165) is 12.8 Å². The molecular weight excluding hydrogens is 220 g/mol. The van der Waals surface area contributed by atoms with Gasteiger partial charge in [0.15, 0.2) is 0 Å². The van der Waals surface area contributed by atoms with Crippen LogP contribution in [0.2, 0.25) is 0 Å². The smallest absolute Gasteiger partial charge is 0.0894 e. The van der Waals surface area contributed by atoms with Crippen LogP contribution in [0, 0.1) is 11.8 Å². The molecule has 1 aliphatic rings. The van der Waals surface area contributed by atoms with Gasteiger partial charge >= 0.3 is 0 Å². The summed E-state index contributed by atoms with van der Waals surface area (Å²) >= 11 is 0. The van der Waals surface area contributed by atoms with Crippen LogP contribution in [0.25, 0.3) is 0 Å². The van der Waals surface area contributed by atoms with Crippen LogP contribution in [0.15, 0.2) is 42.5 Å². The Balaban J connectivity index is 2.15. The minimum absolute atomic E-state index is 0.201. The zero-order chi connectivity index (χ0) is 13.1. The van der Waals surface area contributed by atoms with Crippen LogP contribution in [0.3, 0.4) is 0 Å². The summed E-state index contributed by atoms with van der Waals surface area (Å²) in [5.41, 5.74) is 2.53. The lowest BCUT2D eigenvalue weighted by Gasteiger charge is -2.19. The molecule has 18 heavy (non-hydrogen) atoms. The van der Waals surface area contributed by atoms with Gasteiger partial charge in [-0.2, -0.15) is 0 Å². The molecule has 0 N–H and O–H groups in total. The first-order valence-electron chi connectivity index (χ1n) is 6.93. The first kappa shape index (κ1) is 13.4. The summed E-state index contributed by atoms with van der Waals surface area (Å²) in [6, 6.07) is 10.6. The molecule has 1 aliphatic heterocycles. The molecular formula is C17H24O. The van der Waals surface area contributed by atoms with Gasteiger partial charge in [-0.25, -0.2) is 0 Å². The molecule has 0 bridgehead atoms. The van der Waals surface area contributed by atoms with E-state index in [0.29, 0.717) is 17.9 Å². The standard InChI is InChI=1S/C17H24O/c1-12(2)10-15-11-16(13(3)4)17(18-15)14-8-6-5-7-9-14/h5-9,12,15-17H,3,10-11H2,1-2,4H3. The summed E-state index contributed by atoms with van der Waals surface area (Å²) in [5, 5.41) is 0. The Labute approximate surface area is 111 Å². The molecule has 2 rings (SSSR count). The summed E-state index contributed by atoms with van der Waals surface area (Å²) in [4.78, 5) is 0. The number of hydrogen-bond donors (Lipinski definition) is 0. The number of ether oxygens (including phenoxy) is 1. The Morgan fingerprint density at radius 1 is 1.33 bits per heavy atom. The Hall–Kier alpha value is -1.08. The highest BCUT2D eigenvalue weighted by Gasteiger charge is 2.36. The van der Waals surface area contributed by atoms with Gasteiger partial charge in [0.1, 0.15) is 0 Å². The predicted molar refractivity (Wildman–Crippen MR) is 76.4 cm³/mol. The summed E-state index contributed by atoms with van der Waals surface area (Å²) in [6.45, 7) is 10.8. The Morgan fingerprint density at radius 2 is 2.00 bits per heavy atom. The maximum atomic E-state index is 6.27. The van der Waals surface area contributed by atoms with Crippen LogP contribution >= 0.6 is 0 Å². The van der Waals surface area contributed by atoms with Crippen molar-refractivity contribution >= 4 is 0 Å². The highest BCUT2D eigenvalue weighted by molar-refractivity contribution is 5.22. The lowest BCUT2D eigenvalue weighted by atomic mass is 9.88. The zero-order valence-corrected chi connectivity index (χ0v) is 11.7. The molecule has 98 valence electrons. The van der Waals surface area contributed by atoms with Crippen molar-refractivity contribution in [3.8, 4) is 0 Å². The molecule has 3 unspecified atom stereocenters. The van der Waals surface area contributed by atoms with E-state index in [4.69, 9.17) is 4.74 Å². The third kappa shape index (κ3) is 3.02. The molecule has 1 heteroatoms. The van der Waals surface area contributed by atoms with Gasteiger partial charge in [0.2, 0.25) is 0 Å². The maximum Gasteiger partial charge on any atom is 0.0894 e. The lowest BCUT2D eigenvalue weighted by Crippen LogP contribution is -2.09. The normalized spacial score (nSPS) is 27.7. The minimum Gasteiger partial charge on any atom is -0.370 e. The van der Waals surface area contributed by atoms with Gasteiger partial charge in [-0.3, -0.25) is 0 Å². The Bertz CT molecular complexity index is 393. The molecule has 1 fully saturated rings. The summed E-state index contributed by atoms with van der Waals surface area (Å²) in [6.07, 6.45) is 2.85. The first-order valence-corrected chi connectivity index (χ1v) is 6.93. The quantitative estimate of drug-likeness (QED) is 0.694. The first-order chi connectivity index (χ1) is 8.58. The number of hydrogen-bond acceptors (Lipinski definition) is 1. The van der Waals surface area contributed by atoms with E-state index in [-0.39, 0.29) is 6.10 Å². The van der Waals surface area contributed by atoms with Gasteiger partial charge in [-0.05, 0) is 31.2 Å². The van der Waals surface area contributed by atoms with E-state index in [1.165, 1.54) is 11.1 Å². The molecule has 1 saturated heterocycles. The zero-order valence-electron chi connectivity index (χ0n) is 11.7. The molecule has 0 aliphatic carbocycles. The SMILES string of the molecule is C=C(C)C1CC(CC(C)C)OC1c1ccccc1. The Kier molecular flexibility index (Phi) is 4.23. The van der Waals surface area contributed by atoms with Crippen molar-refractivity contribution in [1.29, 1.82) is 0 Å². The third-order valence-corrected chi connectivity index (χ3v) is 3.72. The topological polar surface area (TPSA) is 9.23 Å². The Morgan fingerprint density at radius 3 is 2.56 bits per heavy atom. The third-order valence-electron chi connectivity index (χ3n) is 3.72. The summed E-state index contributed by atoms with van der Waals surface area (Å²) in [5.74, 6) is 1.16. The minimum atomic E-state index is 0.201. The van der Waals surface area contributed by atoms with Crippen LogP contribution < -0.4 is 0 Å². The predicted octanol–water partition coefficient (Wildman–Crippen LogP) is 4.76. The highest BCUT2D eigenvalue weighted by atomic mass is 16.5. The fourth-order valence-electron chi connectivity index (χ4n) is 2.86. The van der Waals surface area contributed by atoms with E-state index >= 15 is 0 Å². The molecule has 3 atom stereocenters. The maximum absolute atomic E-state index is 6.27. The molecule has 1 aromatic carbocycles. The van der Waals surface area contributed by atoms with Gasteiger partial charge in [0, 0.05) is 5.92 Å². The fourth-order valence-corrected chi connectivity index (χ4v) is 2.86. The second kappa shape index (κ2) is 5.71. The molecule has 1 nitrogen and oxygen atoms in total. The van der Waals surface area contributed by atoms with Gasteiger partial charge in [-0.1, -0.05) is 56.3 Å². The van der Waals surface area contributed by atoms with Crippen molar-refractivity contribution in [3.63, 3.8) is 0 Å². The second-order valence-corrected chi connectivity index (χ2v) is 5.91. The summed E-state index contributed by atoms with van der Waals surface area (Å²) < 4.78 is 6.27. The fraction of sp³-hybridized carbons (Fsp3) is 0.529. The van der Waals surface area contributed by atoms with Crippen LogP contribution in [0.5, 0.6) is 0 Å². The van der Waals surface area contributed by atoms with E-state index in [9.17, 15) is 0 Å². The average Bonchev–Trinajstić information content (AvgIpc) is 2.73. The van der Waals surface area contributed by atoms with Crippen LogP contribution in [-0.4, -0.2) is 6.10 Å². The van der Waals surface area contributed by atoms with Crippen molar-refractivity contribution in [2.75, 3.05) is 0 Å². The van der Waals surface area contributed by atoms with E-state index in [1.54, 1.807) is 0 Å². The molecule has 0 saturated carbocycles. The molecule has 1 aromatic rings. The van der Waals surface area contributed by atoms with Crippen molar-refractivity contribution in [2.45, 2.75) is 45.8 Å². The van der Waals surface area contributed by atoms with E-state index < -0.39 is 0 Å². The van der Waals surface area contributed by atoms with E-state index in [1.807, 2.05) is 0 Å². The number of benzene rings is 1. The van der Waals surface area contributed by atoms with Crippen molar-refractivity contribution in [2.24, 2.45) is 11.8 Å². The molecule has 0 aromatic heterocycles. The van der Waals surface area contributed by atoms with Crippen LogP contribution in [0.1, 0.15) is 45.3 Å². The van der Waals surface area contributed by atoms with Crippen molar-refractivity contribution in [1.82, 2.24) is 0 Å². The second-order valence-electron chi connectivity index (χ2n) is 5.91. The number of rotatable bonds is 4. The highest BCUT2D eigenvalue weighted by Crippen LogP contribution is 2.43. The molecule has 0 spiro atoms. The van der Waals surface area contributed by atoms with Gasteiger partial charge < -0.3 is 4.74 Å². The van der Waals surface area contributed by atoms with E-state index in [2.05, 4.69) is 57.7 Å². The van der Waals surface area contributed by atoms with Gasteiger partial charge in [-0.15, -0.1) is 0 Å². The lowest BCUT2D eigenvalue weighted by molar-refractivity contribution is 0.0267. The largest absolute Gasteiger partial charge is 0.370 e. The van der Waals surface area contributed by atoms with Crippen molar-refractivity contribution in [3.05, 3.63) is 48.0 Å². The van der Waals surface area contributed by atoms with Crippen LogP contribution in [0.4, 0.5) is 0 Å². The monoisotopic (exact) mass is 244 g/mol. The molecule has 0 amide bonds. The van der Waals surface area contributed by atoms with Crippen molar-refractivity contribution < 1.29 is 4.74 Å². The molecule has 0 radical (unpaired) electrons. The van der Waals surface area contributed by atoms with Crippen LogP contribution in [-0.2, 0) is 4.74 Å². The van der Waals surface area contributed by atoms with Gasteiger partial charge in [0.05, 0.1) is 12.2 Å².